The van der Waals surface area contributed by atoms with Gasteiger partial charge in [0.25, 0.3) is 0 Å². The summed E-state index contributed by atoms with van der Waals surface area (Å²) in [5, 5.41) is 5.74. The first-order chi connectivity index (χ1) is 13.0. The summed E-state index contributed by atoms with van der Waals surface area (Å²) in [6, 6.07) is 6.49. The molecule has 1 aromatic carbocycles. The minimum absolute atomic E-state index is 0.000340. The maximum Gasteiger partial charge on any atom is 0.321 e. The van der Waals surface area contributed by atoms with Crippen molar-refractivity contribution in [2.24, 2.45) is 0 Å². The Hall–Kier alpha value is -2.12. The van der Waals surface area contributed by atoms with E-state index >= 15 is 0 Å². The summed E-state index contributed by atoms with van der Waals surface area (Å²) in [5.74, 6) is -0.222. The molecular weight excluding hydrogens is 344 g/mol. The van der Waals surface area contributed by atoms with Gasteiger partial charge in [-0.1, -0.05) is 12.5 Å². The molecule has 1 atom stereocenters. The van der Waals surface area contributed by atoms with E-state index in [0.717, 1.165) is 25.2 Å². The van der Waals surface area contributed by atoms with E-state index in [1.807, 2.05) is 24.0 Å². The second-order valence-electron chi connectivity index (χ2n) is 7.58. The lowest BCUT2D eigenvalue weighted by Gasteiger charge is -2.49. The second-order valence-corrected chi connectivity index (χ2v) is 7.58. The van der Waals surface area contributed by atoms with E-state index in [4.69, 9.17) is 4.74 Å². The summed E-state index contributed by atoms with van der Waals surface area (Å²) >= 11 is 0. The lowest BCUT2D eigenvalue weighted by atomic mass is 9.98. The number of rotatable bonds is 5. The Morgan fingerprint density at radius 2 is 2.00 bits per heavy atom. The van der Waals surface area contributed by atoms with Crippen molar-refractivity contribution in [1.82, 2.24) is 9.80 Å². The van der Waals surface area contributed by atoms with Crippen LogP contribution >= 0.6 is 0 Å². The Kier molecular flexibility index (Phi) is 6.34. The van der Waals surface area contributed by atoms with Gasteiger partial charge < -0.3 is 20.3 Å². The molecule has 3 amide bonds. The van der Waals surface area contributed by atoms with Crippen LogP contribution in [0, 0.1) is 6.92 Å². The number of urea groups is 1. The molecule has 2 fully saturated rings. The lowest BCUT2D eigenvalue weighted by molar-refractivity contribution is -0.119. The van der Waals surface area contributed by atoms with Crippen LogP contribution in [-0.2, 0) is 9.53 Å². The molecule has 0 bridgehead atoms. The van der Waals surface area contributed by atoms with Crippen molar-refractivity contribution in [3.63, 3.8) is 0 Å². The fraction of sp³-hybridized carbons (Fsp3) is 0.600. The van der Waals surface area contributed by atoms with Gasteiger partial charge in [0.05, 0.1) is 0 Å². The number of anilines is 2. The predicted molar refractivity (Wildman–Crippen MR) is 106 cm³/mol. The van der Waals surface area contributed by atoms with E-state index in [2.05, 4.69) is 22.5 Å². The van der Waals surface area contributed by atoms with E-state index in [0.29, 0.717) is 23.5 Å². The van der Waals surface area contributed by atoms with Crippen LogP contribution in [0.4, 0.5) is 16.2 Å². The summed E-state index contributed by atoms with van der Waals surface area (Å²) in [7, 11) is 1.48. The van der Waals surface area contributed by atoms with Crippen molar-refractivity contribution < 1.29 is 14.3 Å². The van der Waals surface area contributed by atoms with Crippen molar-refractivity contribution in [3.8, 4) is 0 Å². The molecular formula is C20H30N4O3. The SMILES string of the molecule is COCC(=O)Nc1ccc(C)c(NC(=O)N2CC(N3CCCCC3C)C2)c1. The minimum atomic E-state index is -0.222. The summed E-state index contributed by atoms with van der Waals surface area (Å²) < 4.78 is 4.82. The number of amides is 3. The molecule has 0 spiro atoms. The molecule has 2 N–H and O–H groups in total. The summed E-state index contributed by atoms with van der Waals surface area (Å²) in [6.07, 6.45) is 3.82. The Labute approximate surface area is 161 Å². The number of hydrogen-bond acceptors (Lipinski definition) is 4. The predicted octanol–water partition coefficient (Wildman–Crippen LogP) is 2.67. The highest BCUT2D eigenvalue weighted by Gasteiger charge is 2.37. The van der Waals surface area contributed by atoms with Gasteiger partial charge in [0, 0.05) is 43.7 Å². The zero-order valence-corrected chi connectivity index (χ0v) is 16.5. The monoisotopic (exact) mass is 374 g/mol. The number of nitrogens with one attached hydrogen (secondary N) is 2. The first-order valence-electron chi connectivity index (χ1n) is 9.69. The second kappa shape index (κ2) is 8.71. The van der Waals surface area contributed by atoms with E-state index < -0.39 is 0 Å². The van der Waals surface area contributed by atoms with Crippen LogP contribution in [0.1, 0.15) is 31.7 Å². The van der Waals surface area contributed by atoms with Crippen molar-refractivity contribution in [3.05, 3.63) is 23.8 Å². The topological polar surface area (TPSA) is 73.9 Å². The summed E-state index contributed by atoms with van der Waals surface area (Å²) in [6.45, 7) is 6.92. The molecule has 2 aliphatic heterocycles. The van der Waals surface area contributed by atoms with Crippen LogP contribution in [0.3, 0.4) is 0 Å². The highest BCUT2D eigenvalue weighted by molar-refractivity contribution is 5.94. The van der Waals surface area contributed by atoms with Gasteiger partial charge in [-0.05, 0) is 50.9 Å². The number of carbonyl (C=O) groups excluding carboxylic acids is 2. The van der Waals surface area contributed by atoms with Gasteiger partial charge in [0.2, 0.25) is 5.91 Å². The van der Waals surface area contributed by atoms with Gasteiger partial charge >= 0.3 is 6.03 Å². The Balaban J connectivity index is 1.54. The third-order valence-electron chi connectivity index (χ3n) is 5.51. The van der Waals surface area contributed by atoms with Gasteiger partial charge in [-0.3, -0.25) is 9.69 Å². The molecule has 2 heterocycles. The smallest absolute Gasteiger partial charge is 0.321 e. The average Bonchev–Trinajstić information content (AvgIpc) is 2.58. The molecule has 0 saturated carbocycles. The van der Waals surface area contributed by atoms with Gasteiger partial charge in [-0.25, -0.2) is 4.79 Å². The van der Waals surface area contributed by atoms with E-state index in [9.17, 15) is 9.59 Å². The Bertz CT molecular complexity index is 688. The first kappa shape index (κ1) is 19.6. The number of methoxy groups -OCH3 is 1. The van der Waals surface area contributed by atoms with Crippen LogP contribution in [0.15, 0.2) is 18.2 Å². The molecule has 7 nitrogen and oxygen atoms in total. The molecule has 27 heavy (non-hydrogen) atoms. The molecule has 2 saturated heterocycles. The number of piperidine rings is 1. The molecule has 1 unspecified atom stereocenters. The number of benzene rings is 1. The zero-order valence-electron chi connectivity index (χ0n) is 16.5. The zero-order chi connectivity index (χ0) is 19.4. The van der Waals surface area contributed by atoms with Crippen molar-refractivity contribution in [1.29, 1.82) is 0 Å². The van der Waals surface area contributed by atoms with Crippen LogP contribution in [-0.4, -0.2) is 67.2 Å². The first-order valence-corrected chi connectivity index (χ1v) is 9.69. The molecule has 3 rings (SSSR count). The highest BCUT2D eigenvalue weighted by Crippen LogP contribution is 2.26. The number of nitrogens with zero attached hydrogens (tertiary/aromatic N) is 2. The average molecular weight is 374 g/mol. The highest BCUT2D eigenvalue weighted by atomic mass is 16.5. The number of carbonyl (C=O) groups is 2. The molecule has 7 heteroatoms. The maximum atomic E-state index is 12.6. The molecule has 0 radical (unpaired) electrons. The molecule has 0 aromatic heterocycles. The van der Waals surface area contributed by atoms with E-state index in [-0.39, 0.29) is 18.5 Å². The fourth-order valence-electron chi connectivity index (χ4n) is 3.85. The van der Waals surface area contributed by atoms with E-state index in [1.54, 1.807) is 6.07 Å². The van der Waals surface area contributed by atoms with Crippen LogP contribution in [0.2, 0.25) is 0 Å². The third-order valence-corrected chi connectivity index (χ3v) is 5.51. The minimum Gasteiger partial charge on any atom is -0.375 e. The van der Waals surface area contributed by atoms with Crippen LogP contribution < -0.4 is 10.6 Å². The lowest BCUT2D eigenvalue weighted by Crippen LogP contribution is -2.64. The standard InChI is InChI=1S/C20H30N4O3/c1-14-7-8-16(21-19(25)13-27-3)10-18(14)22-20(26)23-11-17(12-23)24-9-5-4-6-15(24)2/h7-8,10,15,17H,4-6,9,11-13H2,1-3H3,(H,21,25)(H,22,26). The number of ether oxygens (including phenoxy) is 1. The molecule has 2 aliphatic rings. The third kappa shape index (κ3) is 4.78. The Morgan fingerprint density at radius 3 is 2.70 bits per heavy atom. The quantitative estimate of drug-likeness (QED) is 0.831. The van der Waals surface area contributed by atoms with Crippen molar-refractivity contribution in [2.45, 2.75) is 45.2 Å². The summed E-state index contributed by atoms with van der Waals surface area (Å²) in [5.41, 5.74) is 2.31. The van der Waals surface area contributed by atoms with Gasteiger partial charge in [0.15, 0.2) is 0 Å². The molecule has 0 aliphatic carbocycles. The van der Waals surface area contributed by atoms with Crippen molar-refractivity contribution >= 4 is 23.3 Å². The van der Waals surface area contributed by atoms with Gasteiger partial charge in [0.1, 0.15) is 6.61 Å². The van der Waals surface area contributed by atoms with E-state index in [1.165, 1.54) is 26.4 Å². The number of likely N-dealkylation sites (tertiary alicyclic amines) is 2. The number of hydrogen-bond donors (Lipinski definition) is 2. The van der Waals surface area contributed by atoms with Crippen molar-refractivity contribution in [2.75, 3.05) is 44.0 Å². The molecule has 1 aromatic rings. The van der Waals surface area contributed by atoms with Gasteiger partial charge in [-0.15, -0.1) is 0 Å². The van der Waals surface area contributed by atoms with Crippen LogP contribution in [0.5, 0.6) is 0 Å². The number of aryl methyl sites for hydroxylation is 1. The maximum absolute atomic E-state index is 12.6. The Morgan fingerprint density at radius 1 is 1.22 bits per heavy atom. The molecule has 148 valence electrons. The largest absolute Gasteiger partial charge is 0.375 e. The normalized spacial score (nSPS) is 20.9. The summed E-state index contributed by atoms with van der Waals surface area (Å²) in [4.78, 5) is 28.6. The van der Waals surface area contributed by atoms with Gasteiger partial charge in [-0.2, -0.15) is 0 Å². The van der Waals surface area contributed by atoms with Crippen LogP contribution in [0.25, 0.3) is 0 Å². The fourth-order valence-corrected chi connectivity index (χ4v) is 3.85.